The van der Waals surface area contributed by atoms with Crippen LogP contribution in [0.25, 0.3) is 0 Å². The highest BCUT2D eigenvalue weighted by atomic mass is 16.3. The Kier molecular flexibility index (Phi) is 2.91. The number of phenols is 2. The molecule has 3 heteroatoms. The summed E-state index contributed by atoms with van der Waals surface area (Å²) >= 11 is 0. The van der Waals surface area contributed by atoms with E-state index in [9.17, 15) is 10.2 Å². The highest BCUT2D eigenvalue weighted by Gasteiger charge is 2.01. The van der Waals surface area contributed by atoms with Gasteiger partial charge in [-0.2, -0.15) is 0 Å². The number of hydrogen-bond donors (Lipinski definition) is 3. The molecule has 0 unspecified atom stereocenters. The standard InChI is InChI=1S/C14H15NO2/c1-9-3-10(2)5-11(4-9)15-12-6-13(16)8-14(17)7-12/h3-8,15-17H,1-2H3. The van der Waals surface area contributed by atoms with Gasteiger partial charge in [0.05, 0.1) is 0 Å². The second-order valence-corrected chi connectivity index (χ2v) is 4.24. The second kappa shape index (κ2) is 4.37. The zero-order chi connectivity index (χ0) is 12.4. The van der Waals surface area contributed by atoms with Crippen LogP contribution in [0.1, 0.15) is 11.1 Å². The molecule has 0 heterocycles. The Bertz CT molecular complexity index is 460. The molecule has 3 N–H and O–H groups in total. The van der Waals surface area contributed by atoms with E-state index in [1.807, 2.05) is 26.0 Å². The SMILES string of the molecule is Cc1cc(C)cc(Nc2cc(O)cc(O)c2)c1. The highest BCUT2D eigenvalue weighted by molar-refractivity contribution is 5.64. The number of hydrogen-bond acceptors (Lipinski definition) is 3. The molecule has 88 valence electrons. The summed E-state index contributed by atoms with van der Waals surface area (Å²) in [4.78, 5) is 0. The van der Waals surface area contributed by atoms with Gasteiger partial charge < -0.3 is 15.5 Å². The Morgan fingerprint density at radius 2 is 1.18 bits per heavy atom. The molecule has 2 rings (SSSR count). The van der Waals surface area contributed by atoms with Crippen LogP contribution in [0.4, 0.5) is 11.4 Å². The molecule has 0 atom stereocenters. The second-order valence-electron chi connectivity index (χ2n) is 4.24. The zero-order valence-corrected chi connectivity index (χ0v) is 9.86. The normalized spacial score (nSPS) is 10.2. The van der Waals surface area contributed by atoms with Crippen molar-refractivity contribution in [2.24, 2.45) is 0 Å². The maximum atomic E-state index is 9.38. The third-order valence-corrected chi connectivity index (χ3v) is 2.41. The van der Waals surface area contributed by atoms with Crippen LogP contribution in [0.2, 0.25) is 0 Å². The fourth-order valence-corrected chi connectivity index (χ4v) is 1.88. The molecule has 0 aliphatic carbocycles. The van der Waals surface area contributed by atoms with E-state index in [0.29, 0.717) is 5.69 Å². The first-order valence-corrected chi connectivity index (χ1v) is 5.41. The van der Waals surface area contributed by atoms with Gasteiger partial charge >= 0.3 is 0 Å². The minimum atomic E-state index is 0.0388. The van der Waals surface area contributed by atoms with Crippen molar-refractivity contribution in [3.8, 4) is 11.5 Å². The van der Waals surface area contributed by atoms with Crippen LogP contribution < -0.4 is 5.32 Å². The van der Waals surface area contributed by atoms with Gasteiger partial charge in [0.25, 0.3) is 0 Å². The molecular weight excluding hydrogens is 214 g/mol. The molecule has 0 fully saturated rings. The van der Waals surface area contributed by atoms with Crippen LogP contribution in [0.15, 0.2) is 36.4 Å². The maximum absolute atomic E-state index is 9.38. The summed E-state index contributed by atoms with van der Waals surface area (Å²) in [6.45, 7) is 4.05. The van der Waals surface area contributed by atoms with E-state index in [1.54, 1.807) is 12.1 Å². The largest absolute Gasteiger partial charge is 0.508 e. The Morgan fingerprint density at radius 1 is 0.706 bits per heavy atom. The lowest BCUT2D eigenvalue weighted by atomic mass is 10.1. The van der Waals surface area contributed by atoms with E-state index in [0.717, 1.165) is 16.8 Å². The first kappa shape index (κ1) is 11.3. The van der Waals surface area contributed by atoms with Crippen LogP contribution >= 0.6 is 0 Å². The van der Waals surface area contributed by atoms with E-state index in [-0.39, 0.29) is 11.5 Å². The molecule has 0 radical (unpaired) electrons. The summed E-state index contributed by atoms with van der Waals surface area (Å²) in [5, 5.41) is 21.9. The molecule has 17 heavy (non-hydrogen) atoms. The van der Waals surface area contributed by atoms with Crippen molar-refractivity contribution in [2.75, 3.05) is 5.32 Å². The molecule has 0 saturated heterocycles. The minimum absolute atomic E-state index is 0.0388. The predicted octanol–water partition coefficient (Wildman–Crippen LogP) is 3.46. The molecular formula is C14H15NO2. The lowest BCUT2D eigenvalue weighted by molar-refractivity contribution is 0.451. The molecule has 0 aliphatic rings. The molecule has 2 aromatic rings. The smallest absolute Gasteiger partial charge is 0.121 e. The fourth-order valence-electron chi connectivity index (χ4n) is 1.88. The average Bonchev–Trinajstić information content (AvgIpc) is 2.13. The fraction of sp³-hybridized carbons (Fsp3) is 0.143. The Morgan fingerprint density at radius 3 is 1.71 bits per heavy atom. The summed E-state index contributed by atoms with van der Waals surface area (Å²) in [5.41, 5.74) is 3.92. The van der Waals surface area contributed by atoms with Crippen LogP contribution in [0.3, 0.4) is 0 Å². The van der Waals surface area contributed by atoms with Crippen molar-refractivity contribution < 1.29 is 10.2 Å². The average molecular weight is 229 g/mol. The Hall–Kier alpha value is -2.16. The van der Waals surface area contributed by atoms with Gasteiger partial charge in [0.15, 0.2) is 0 Å². The first-order valence-electron chi connectivity index (χ1n) is 5.41. The van der Waals surface area contributed by atoms with E-state index >= 15 is 0 Å². The quantitative estimate of drug-likeness (QED) is 0.739. The monoisotopic (exact) mass is 229 g/mol. The molecule has 0 aliphatic heterocycles. The summed E-state index contributed by atoms with van der Waals surface area (Å²) < 4.78 is 0. The molecule has 3 nitrogen and oxygen atoms in total. The summed E-state index contributed by atoms with van der Waals surface area (Å²) in [7, 11) is 0. The molecule has 0 saturated carbocycles. The van der Waals surface area contributed by atoms with Crippen LogP contribution in [0.5, 0.6) is 11.5 Å². The van der Waals surface area contributed by atoms with Crippen molar-refractivity contribution in [3.63, 3.8) is 0 Å². The van der Waals surface area contributed by atoms with E-state index in [4.69, 9.17) is 0 Å². The molecule has 0 bridgehead atoms. The molecule has 0 amide bonds. The number of benzene rings is 2. The third-order valence-electron chi connectivity index (χ3n) is 2.41. The number of anilines is 2. The lowest BCUT2D eigenvalue weighted by Crippen LogP contribution is -1.91. The van der Waals surface area contributed by atoms with Gasteiger partial charge in [-0.25, -0.2) is 0 Å². The van der Waals surface area contributed by atoms with Crippen LogP contribution in [-0.4, -0.2) is 10.2 Å². The van der Waals surface area contributed by atoms with E-state index in [2.05, 4.69) is 11.4 Å². The highest BCUT2D eigenvalue weighted by Crippen LogP contribution is 2.27. The van der Waals surface area contributed by atoms with Crippen molar-refractivity contribution in [1.82, 2.24) is 0 Å². The molecule has 0 aromatic heterocycles. The number of aryl methyl sites for hydroxylation is 2. The van der Waals surface area contributed by atoms with Crippen molar-refractivity contribution in [1.29, 1.82) is 0 Å². The van der Waals surface area contributed by atoms with Crippen LogP contribution in [-0.2, 0) is 0 Å². The van der Waals surface area contributed by atoms with Gasteiger partial charge in [0, 0.05) is 29.6 Å². The lowest BCUT2D eigenvalue weighted by Gasteiger charge is -2.09. The number of nitrogens with one attached hydrogen (secondary N) is 1. The molecule has 2 aromatic carbocycles. The summed E-state index contributed by atoms with van der Waals surface area (Å²) in [6, 6.07) is 10.5. The minimum Gasteiger partial charge on any atom is -0.508 e. The van der Waals surface area contributed by atoms with Gasteiger partial charge in [-0.1, -0.05) is 6.07 Å². The van der Waals surface area contributed by atoms with Crippen LogP contribution in [0, 0.1) is 13.8 Å². The third kappa shape index (κ3) is 2.91. The van der Waals surface area contributed by atoms with E-state index < -0.39 is 0 Å². The van der Waals surface area contributed by atoms with Gasteiger partial charge in [-0.15, -0.1) is 0 Å². The van der Waals surface area contributed by atoms with Gasteiger partial charge in [0.2, 0.25) is 0 Å². The number of rotatable bonds is 2. The van der Waals surface area contributed by atoms with Crippen molar-refractivity contribution >= 4 is 11.4 Å². The first-order chi connectivity index (χ1) is 8.02. The number of aromatic hydroxyl groups is 2. The van der Waals surface area contributed by atoms with Gasteiger partial charge in [0.1, 0.15) is 11.5 Å². The van der Waals surface area contributed by atoms with E-state index in [1.165, 1.54) is 6.07 Å². The van der Waals surface area contributed by atoms with Crippen molar-refractivity contribution in [2.45, 2.75) is 13.8 Å². The summed E-state index contributed by atoms with van der Waals surface area (Å²) in [6.07, 6.45) is 0. The van der Waals surface area contributed by atoms with Gasteiger partial charge in [-0.3, -0.25) is 0 Å². The Labute approximate surface area is 100 Å². The number of phenolic OH excluding ortho intramolecular Hbond substituents is 2. The maximum Gasteiger partial charge on any atom is 0.121 e. The predicted molar refractivity (Wildman–Crippen MR) is 69.0 cm³/mol. The summed E-state index contributed by atoms with van der Waals surface area (Å²) in [5.74, 6) is 0.0775. The van der Waals surface area contributed by atoms with Crippen molar-refractivity contribution in [3.05, 3.63) is 47.5 Å². The zero-order valence-electron chi connectivity index (χ0n) is 9.86. The molecule has 0 spiro atoms. The van der Waals surface area contributed by atoms with Gasteiger partial charge in [-0.05, 0) is 37.1 Å². The Balaban J connectivity index is 2.31. The topological polar surface area (TPSA) is 52.5 Å².